The topological polar surface area (TPSA) is 129 Å². The first kappa shape index (κ1) is 78.8. The lowest BCUT2D eigenvalue weighted by Crippen LogP contribution is -1.92. The number of benzene rings is 11. The summed E-state index contributed by atoms with van der Waals surface area (Å²) in [4.78, 5) is 46.3. The van der Waals surface area contributed by atoms with Gasteiger partial charge in [0.2, 0.25) is 0 Å². The lowest BCUT2D eigenvalue weighted by atomic mass is 9.96. The van der Waals surface area contributed by atoms with Crippen LogP contribution >= 0.6 is 0 Å². The number of hydrogen-bond donors (Lipinski definition) is 0. The van der Waals surface area contributed by atoms with Gasteiger partial charge < -0.3 is 0 Å². The largest absolute Gasteiger partial charge is 0.265 e. The molecule has 0 fully saturated rings. The molecule has 0 spiro atoms. The predicted octanol–water partition coefficient (Wildman–Crippen LogP) is 29.0. The zero-order chi connectivity index (χ0) is 84.4. The van der Waals surface area contributed by atoms with Gasteiger partial charge in [0.25, 0.3) is 0 Å². The second-order valence-electron chi connectivity index (χ2n) is 30.4. The van der Waals surface area contributed by atoms with Crippen molar-refractivity contribution in [2.75, 3.05) is 0 Å². The highest BCUT2D eigenvalue weighted by Gasteiger charge is 2.17. The minimum atomic E-state index is 0.915. The second kappa shape index (κ2) is 37.7. The molecule has 0 aliphatic rings. The molecule has 21 rings (SSSR count). The number of pyridine rings is 10. The first-order chi connectivity index (χ1) is 62.4. The molecule has 0 atom stereocenters. The lowest BCUT2D eigenvalue weighted by molar-refractivity contribution is 1.31. The summed E-state index contributed by atoms with van der Waals surface area (Å²) in [7, 11) is 0. The highest BCUT2D eigenvalue weighted by atomic mass is 14.7. The van der Waals surface area contributed by atoms with Crippen molar-refractivity contribution in [1.29, 1.82) is 0 Å². The van der Waals surface area contributed by atoms with Crippen molar-refractivity contribution >= 4 is 0 Å². The SMILES string of the molecule is c1ccc(-c2ccc(-c3cc(-c4ccc(-c5ccccn5)cc4)cc(-c4ccc(-c5ccccc5)cc4)n3)cc2)cc1.c1ccc(-c2ccc(-c3cc(-c4ccc(-c5ccccn5)cc4)nc(-c4ccc(-c5ccccn5)cc4)c3)cc2)nc1.c1ccc(-c2ccc(-c3cc(-c4cccc(-c5ccncc5)c4)nc(-c4cccc(-c5ccncc5)c4)c3)cc2)nc1. The maximum atomic E-state index is 5.20. The van der Waals surface area contributed by atoms with Gasteiger partial charge in [0.1, 0.15) is 0 Å². The van der Waals surface area contributed by atoms with Crippen LogP contribution < -0.4 is 0 Å². The van der Waals surface area contributed by atoms with Crippen molar-refractivity contribution in [2.24, 2.45) is 0 Å². The Morgan fingerprint density at radius 2 is 0.270 bits per heavy atom. The molecule has 0 saturated carbocycles. The third-order valence-electron chi connectivity index (χ3n) is 22.2. The Bertz CT molecular complexity index is 6300. The first-order valence-electron chi connectivity index (χ1n) is 41.9. The minimum absolute atomic E-state index is 0.915. The summed E-state index contributed by atoms with van der Waals surface area (Å²) >= 11 is 0. The zero-order valence-electron chi connectivity index (χ0n) is 68.7. The van der Waals surface area contributed by atoms with Crippen LogP contribution in [0.5, 0.6) is 0 Å². The van der Waals surface area contributed by atoms with Crippen molar-refractivity contribution in [1.82, 2.24) is 49.8 Å². The molecule has 0 saturated heterocycles. The van der Waals surface area contributed by atoms with E-state index in [-0.39, 0.29) is 0 Å². The Kier molecular flexibility index (Phi) is 23.6. The van der Waals surface area contributed by atoms with Gasteiger partial charge in [-0.2, -0.15) is 0 Å². The maximum Gasteiger partial charge on any atom is 0.0715 e. The monoisotopic (exact) mass is 1610 g/mol. The molecule has 0 aliphatic carbocycles. The summed E-state index contributed by atoms with van der Waals surface area (Å²) in [6, 6.07) is 149. The molecule has 0 amide bonds. The first-order valence-corrected chi connectivity index (χ1v) is 41.9. The van der Waals surface area contributed by atoms with Crippen molar-refractivity contribution in [3.8, 4) is 202 Å². The van der Waals surface area contributed by atoms with Gasteiger partial charge in [0, 0.05) is 117 Å². The summed E-state index contributed by atoms with van der Waals surface area (Å²) in [5.41, 5.74) is 38.2. The highest BCUT2D eigenvalue weighted by molar-refractivity contribution is 5.85. The Labute approximate surface area is 733 Å². The smallest absolute Gasteiger partial charge is 0.0715 e. The molecule has 0 unspecified atom stereocenters. The van der Waals surface area contributed by atoms with Crippen LogP contribution in [-0.2, 0) is 0 Å². The van der Waals surface area contributed by atoms with E-state index in [1.807, 2.05) is 183 Å². The number of hydrogen-bond acceptors (Lipinski definition) is 10. The van der Waals surface area contributed by atoms with Gasteiger partial charge >= 0.3 is 0 Å². The van der Waals surface area contributed by atoms with Crippen molar-refractivity contribution in [3.05, 3.63) is 486 Å². The van der Waals surface area contributed by atoms with Crippen LogP contribution in [0.4, 0.5) is 0 Å². The number of aromatic nitrogens is 10. The highest BCUT2D eigenvalue weighted by Crippen LogP contribution is 2.39. The van der Waals surface area contributed by atoms with Crippen molar-refractivity contribution in [3.63, 3.8) is 0 Å². The van der Waals surface area contributed by atoms with Gasteiger partial charge in [-0.1, -0.05) is 297 Å². The van der Waals surface area contributed by atoms with E-state index >= 15 is 0 Å². The Hall–Kier alpha value is -17.1. The fraction of sp³-hybridized carbons (Fsp3) is 0. The number of nitrogens with zero attached hydrogens (tertiary/aromatic N) is 10. The molecule has 0 aliphatic heterocycles. The molecule has 0 radical (unpaired) electrons. The van der Waals surface area contributed by atoms with Crippen LogP contribution in [0.2, 0.25) is 0 Å². The molecule has 10 aromatic heterocycles. The van der Waals surface area contributed by atoms with Crippen LogP contribution in [-0.4, -0.2) is 49.8 Å². The average Bonchev–Trinajstić information content (AvgIpc) is 0.796. The van der Waals surface area contributed by atoms with E-state index < -0.39 is 0 Å². The van der Waals surface area contributed by atoms with E-state index in [1.54, 1.807) is 0 Å². The molecule has 10 heterocycles. The molecule has 594 valence electrons. The normalized spacial score (nSPS) is 10.9. The van der Waals surface area contributed by atoms with Gasteiger partial charge in [0.15, 0.2) is 0 Å². The fourth-order valence-electron chi connectivity index (χ4n) is 15.5. The van der Waals surface area contributed by atoms with Crippen LogP contribution in [0.15, 0.2) is 486 Å². The number of rotatable bonds is 18. The predicted molar refractivity (Wildman–Crippen MR) is 515 cm³/mol. The van der Waals surface area contributed by atoms with Crippen LogP contribution in [0.25, 0.3) is 202 Å². The third-order valence-corrected chi connectivity index (χ3v) is 22.2. The van der Waals surface area contributed by atoms with Gasteiger partial charge in [0.05, 0.1) is 62.6 Å². The van der Waals surface area contributed by atoms with Gasteiger partial charge in [-0.15, -0.1) is 0 Å². The molecule has 0 bridgehead atoms. The van der Waals surface area contributed by atoms with Gasteiger partial charge in [-0.05, 0) is 211 Å². The van der Waals surface area contributed by atoms with E-state index in [1.165, 1.54) is 22.3 Å². The van der Waals surface area contributed by atoms with E-state index in [4.69, 9.17) is 15.0 Å². The van der Waals surface area contributed by atoms with Crippen LogP contribution in [0.3, 0.4) is 0 Å². The quantitative estimate of drug-likeness (QED) is 0.0819. The third kappa shape index (κ3) is 18.8. The summed E-state index contributed by atoms with van der Waals surface area (Å²) in [6.45, 7) is 0. The fourth-order valence-corrected chi connectivity index (χ4v) is 15.5. The van der Waals surface area contributed by atoms with Gasteiger partial charge in [-0.3, -0.25) is 34.9 Å². The molecule has 0 N–H and O–H groups in total. The Morgan fingerprint density at radius 1 is 0.0952 bits per heavy atom. The lowest BCUT2D eigenvalue weighted by Gasteiger charge is -2.13. The molecule has 126 heavy (non-hydrogen) atoms. The molecular weight excluding hydrogens is 1530 g/mol. The minimum Gasteiger partial charge on any atom is -0.265 e. The second-order valence-corrected chi connectivity index (χ2v) is 30.4. The molecular formula is C116H80N10. The Balaban J connectivity index is 0.000000123. The molecule has 11 aromatic carbocycles. The molecule has 10 heteroatoms. The average molecular weight is 1610 g/mol. The molecule has 10 nitrogen and oxygen atoms in total. The van der Waals surface area contributed by atoms with Crippen molar-refractivity contribution in [2.45, 2.75) is 0 Å². The van der Waals surface area contributed by atoms with E-state index in [0.29, 0.717) is 0 Å². The molecule has 21 aromatic rings. The van der Waals surface area contributed by atoms with Crippen LogP contribution in [0, 0.1) is 0 Å². The maximum absolute atomic E-state index is 5.20. The van der Waals surface area contributed by atoms with Crippen LogP contribution in [0.1, 0.15) is 0 Å². The Morgan fingerprint density at radius 3 is 0.500 bits per heavy atom. The van der Waals surface area contributed by atoms with Crippen molar-refractivity contribution < 1.29 is 0 Å². The summed E-state index contributed by atoms with van der Waals surface area (Å²) in [5.74, 6) is 0. The van der Waals surface area contributed by atoms with E-state index in [9.17, 15) is 0 Å². The van der Waals surface area contributed by atoms with E-state index in [2.05, 4.69) is 338 Å². The summed E-state index contributed by atoms with van der Waals surface area (Å²) < 4.78 is 0. The summed E-state index contributed by atoms with van der Waals surface area (Å²) in [6.07, 6.45) is 16.4. The van der Waals surface area contributed by atoms with Gasteiger partial charge in [-0.25, -0.2) is 15.0 Å². The van der Waals surface area contributed by atoms with E-state index in [0.717, 1.165) is 179 Å². The summed E-state index contributed by atoms with van der Waals surface area (Å²) in [5, 5.41) is 0. The standard InChI is InChI=1S/C40H28N2.2C38H26N4/c1-3-9-29(10-4-1)31-14-22-35(23-15-31)39-27-37(33-18-20-34(21-19-33)38-13-7-8-26-41-38)28-40(42-39)36-24-16-32(17-25-36)30-11-5-2-6-12-30;1-4-22-39-34(7-1)28-12-10-27(11-13-28)33-25-37(31-18-14-29(15-19-31)35-8-2-5-23-40-35)42-38(26-33)32-20-16-30(17-21-32)36-9-3-6-24-41-36;1-2-18-41-36(9-1)30-12-10-27(11-13-30)35-25-37(33-7-3-5-31(23-33)28-14-19-39-20-15-28)42-38(26-35)34-8-4-6-32(24-34)29-16-21-40-22-17-29/h1-28H;2*1-26H. The zero-order valence-corrected chi connectivity index (χ0v) is 68.7.